The Kier molecular flexibility index (Phi) is 5.27. The van der Waals surface area contributed by atoms with Gasteiger partial charge in [0, 0.05) is 18.1 Å². The first kappa shape index (κ1) is 18.8. The zero-order valence-corrected chi connectivity index (χ0v) is 16.5. The summed E-state index contributed by atoms with van der Waals surface area (Å²) in [5.41, 5.74) is 8.44. The molecule has 1 fully saturated rings. The van der Waals surface area contributed by atoms with Gasteiger partial charge in [-0.05, 0) is 63.8 Å². The van der Waals surface area contributed by atoms with E-state index in [4.69, 9.17) is 5.73 Å². The van der Waals surface area contributed by atoms with Gasteiger partial charge >= 0.3 is 6.09 Å². The maximum atomic E-state index is 11.6. The van der Waals surface area contributed by atoms with E-state index >= 15 is 0 Å². The molecule has 4 N–H and O–H groups in total. The van der Waals surface area contributed by atoms with Crippen LogP contribution in [0, 0.1) is 5.92 Å². The molecule has 2 aromatic heterocycles. The number of hydrogen-bond acceptors (Lipinski definition) is 5. The molecule has 1 saturated carbocycles. The number of nitrogens with two attached hydrogens (primary N) is 1. The minimum absolute atomic E-state index is 0.364. The number of fused-ring (bicyclic) bond motifs is 1. The van der Waals surface area contributed by atoms with Crippen LogP contribution in [0.3, 0.4) is 0 Å². The van der Waals surface area contributed by atoms with Crippen molar-refractivity contribution < 1.29 is 9.90 Å². The van der Waals surface area contributed by atoms with Crippen LogP contribution in [0.4, 0.5) is 16.2 Å². The Morgan fingerprint density at radius 3 is 2.69 bits per heavy atom. The number of pyridine rings is 1. The lowest BCUT2D eigenvalue weighted by Crippen LogP contribution is -2.48. The third kappa shape index (κ3) is 4.03. The zero-order valence-electron chi connectivity index (χ0n) is 15.7. The highest BCUT2D eigenvalue weighted by molar-refractivity contribution is 7.17. The van der Waals surface area contributed by atoms with E-state index in [1.165, 1.54) is 0 Å². The van der Waals surface area contributed by atoms with E-state index in [9.17, 15) is 9.90 Å². The van der Waals surface area contributed by atoms with Crippen molar-refractivity contribution in [3.05, 3.63) is 17.6 Å². The Morgan fingerprint density at radius 1 is 1.38 bits per heavy atom. The number of rotatable bonds is 4. The van der Waals surface area contributed by atoms with Gasteiger partial charge in [0.15, 0.2) is 0 Å². The molecular formula is C19H28N4O2S. The summed E-state index contributed by atoms with van der Waals surface area (Å²) < 4.78 is 1.11. The van der Waals surface area contributed by atoms with Crippen LogP contribution in [0.2, 0.25) is 0 Å². The van der Waals surface area contributed by atoms with Gasteiger partial charge in [-0.3, -0.25) is 4.98 Å². The fourth-order valence-electron chi connectivity index (χ4n) is 3.67. The summed E-state index contributed by atoms with van der Waals surface area (Å²) in [5.74, 6) is 0.417. The molecule has 0 aliphatic heterocycles. The van der Waals surface area contributed by atoms with Crippen LogP contribution >= 0.6 is 11.3 Å². The van der Waals surface area contributed by atoms with Gasteiger partial charge in [0.25, 0.3) is 0 Å². The van der Waals surface area contributed by atoms with Crippen molar-refractivity contribution in [2.24, 2.45) is 5.92 Å². The van der Waals surface area contributed by atoms with E-state index in [2.05, 4.69) is 10.3 Å². The van der Waals surface area contributed by atoms with E-state index in [1.807, 2.05) is 32.2 Å². The lowest BCUT2D eigenvalue weighted by Gasteiger charge is -2.38. The summed E-state index contributed by atoms with van der Waals surface area (Å²) >= 11 is 1.65. The molecule has 0 spiro atoms. The normalized spacial score (nSPS) is 20.9. The number of carboxylic acid groups (broad SMARTS) is 1. The molecule has 26 heavy (non-hydrogen) atoms. The molecular weight excluding hydrogens is 348 g/mol. The number of nitrogens with zero attached hydrogens (tertiary/aromatic N) is 2. The third-order valence-electron chi connectivity index (χ3n) is 5.18. The van der Waals surface area contributed by atoms with Crippen LogP contribution in [0.15, 0.2) is 17.6 Å². The smallest absolute Gasteiger partial charge is 0.407 e. The molecule has 0 unspecified atom stereocenters. The first-order valence-electron chi connectivity index (χ1n) is 9.14. The maximum absolute atomic E-state index is 11.6. The number of nitrogens with one attached hydrogen (secondary N) is 1. The van der Waals surface area contributed by atoms with Crippen LogP contribution in [0.1, 0.15) is 46.5 Å². The van der Waals surface area contributed by atoms with Crippen molar-refractivity contribution in [2.75, 3.05) is 17.6 Å². The molecule has 1 aliphatic carbocycles. The van der Waals surface area contributed by atoms with Gasteiger partial charge < -0.3 is 21.1 Å². The second-order valence-corrected chi connectivity index (χ2v) is 9.07. The van der Waals surface area contributed by atoms with Gasteiger partial charge in [-0.1, -0.05) is 0 Å². The first-order valence-corrected chi connectivity index (χ1v) is 10.0. The number of nitrogen functional groups attached to an aromatic ring is 1. The highest BCUT2D eigenvalue weighted by atomic mass is 32.1. The molecule has 1 aliphatic rings. The average Bonchev–Trinajstić information content (AvgIpc) is 3.04. The van der Waals surface area contributed by atoms with Gasteiger partial charge in [-0.25, -0.2) is 4.79 Å². The molecule has 7 heteroatoms. The molecule has 0 radical (unpaired) electrons. The number of aromatic nitrogens is 1. The number of amides is 1. The standard InChI is InChI=1S/C19H28N4O2S/c1-19(2,3)23(18(24)25)11-12-4-6-13(7-5-12)22-16-14(20)10-21-15-8-9-26-17(15)16/h8-10,12-13H,4-7,11,20H2,1-3H3,(H,21,22)(H,24,25)/t12-,13-. The second-order valence-electron chi connectivity index (χ2n) is 8.15. The zero-order chi connectivity index (χ0) is 18.9. The molecule has 0 bridgehead atoms. The molecule has 1 amide bonds. The van der Waals surface area contributed by atoms with E-state index in [0.29, 0.717) is 24.2 Å². The summed E-state index contributed by atoms with van der Waals surface area (Å²) in [6.45, 7) is 6.46. The molecule has 6 nitrogen and oxygen atoms in total. The van der Waals surface area contributed by atoms with E-state index in [-0.39, 0.29) is 5.54 Å². The Morgan fingerprint density at radius 2 is 2.08 bits per heavy atom. The molecule has 3 rings (SSSR count). The average molecular weight is 377 g/mol. The van der Waals surface area contributed by atoms with Crippen LogP contribution < -0.4 is 11.1 Å². The SMILES string of the molecule is CC(C)(C)N(C[C@H]1CC[C@H](Nc2c(N)cnc3ccsc23)CC1)C(=O)O. The first-order chi connectivity index (χ1) is 12.3. The summed E-state index contributed by atoms with van der Waals surface area (Å²) in [4.78, 5) is 17.5. The summed E-state index contributed by atoms with van der Waals surface area (Å²) in [7, 11) is 0. The monoisotopic (exact) mass is 376 g/mol. The quantitative estimate of drug-likeness (QED) is 0.724. The second kappa shape index (κ2) is 7.31. The van der Waals surface area contributed by atoms with Crippen LogP contribution in [-0.4, -0.2) is 39.2 Å². The number of carbonyl (C=O) groups is 1. The topological polar surface area (TPSA) is 91.5 Å². The van der Waals surface area contributed by atoms with Crippen molar-refractivity contribution in [1.29, 1.82) is 0 Å². The predicted molar refractivity (Wildman–Crippen MR) is 108 cm³/mol. The largest absolute Gasteiger partial charge is 0.465 e. The Balaban J connectivity index is 1.61. The fourth-order valence-corrected chi connectivity index (χ4v) is 4.53. The predicted octanol–water partition coefficient (Wildman–Crippen LogP) is 4.63. The Labute approximate surface area is 158 Å². The summed E-state index contributed by atoms with van der Waals surface area (Å²) in [5, 5.41) is 15.1. The van der Waals surface area contributed by atoms with Crippen molar-refractivity contribution in [1.82, 2.24) is 9.88 Å². The highest BCUT2D eigenvalue weighted by Crippen LogP contribution is 2.35. The van der Waals surface area contributed by atoms with Crippen molar-refractivity contribution in [3.63, 3.8) is 0 Å². The van der Waals surface area contributed by atoms with Crippen LogP contribution in [0.5, 0.6) is 0 Å². The Hall–Kier alpha value is -2.02. The lowest BCUT2D eigenvalue weighted by molar-refractivity contribution is 0.0826. The number of anilines is 2. The van der Waals surface area contributed by atoms with Gasteiger partial charge in [-0.2, -0.15) is 0 Å². The minimum atomic E-state index is -0.831. The maximum Gasteiger partial charge on any atom is 0.407 e. The van der Waals surface area contributed by atoms with Crippen LogP contribution in [0.25, 0.3) is 10.2 Å². The van der Waals surface area contributed by atoms with Crippen molar-refractivity contribution in [3.8, 4) is 0 Å². The third-order valence-corrected chi connectivity index (χ3v) is 6.10. The fraction of sp³-hybridized carbons (Fsp3) is 0.579. The molecule has 0 saturated heterocycles. The van der Waals surface area contributed by atoms with Gasteiger partial charge in [0.2, 0.25) is 0 Å². The molecule has 2 heterocycles. The van der Waals surface area contributed by atoms with E-state index < -0.39 is 6.09 Å². The molecule has 0 atom stereocenters. The van der Waals surface area contributed by atoms with Gasteiger partial charge in [0.05, 0.1) is 27.8 Å². The summed E-state index contributed by atoms with van der Waals surface area (Å²) in [6, 6.07) is 2.38. The van der Waals surface area contributed by atoms with E-state index in [1.54, 1.807) is 22.4 Å². The molecule has 142 valence electrons. The molecule has 2 aromatic rings. The highest BCUT2D eigenvalue weighted by Gasteiger charge is 2.31. The van der Waals surface area contributed by atoms with Crippen molar-refractivity contribution >= 4 is 39.0 Å². The molecule has 0 aromatic carbocycles. The van der Waals surface area contributed by atoms with Crippen molar-refractivity contribution in [2.45, 2.75) is 58.0 Å². The lowest BCUT2D eigenvalue weighted by atomic mass is 9.85. The minimum Gasteiger partial charge on any atom is -0.465 e. The number of hydrogen-bond donors (Lipinski definition) is 3. The van der Waals surface area contributed by atoms with Crippen LogP contribution in [-0.2, 0) is 0 Å². The number of thiophene rings is 1. The van der Waals surface area contributed by atoms with Gasteiger partial charge in [0.1, 0.15) is 0 Å². The summed E-state index contributed by atoms with van der Waals surface area (Å²) in [6.07, 6.45) is 4.99. The Bertz CT molecular complexity index is 775. The van der Waals surface area contributed by atoms with E-state index in [0.717, 1.165) is 41.6 Å². The van der Waals surface area contributed by atoms with Gasteiger partial charge in [-0.15, -0.1) is 11.3 Å².